The minimum atomic E-state index is -4.47. The SMILES string of the molecule is O=C(Nc1ccc(C(F)(F)F)cc1)c1cc(-c2ccc(F)cc2)n(-c2ccc(Cl)cc2)n1. The Morgan fingerprint density at radius 3 is 2.12 bits per heavy atom. The van der Waals surface area contributed by atoms with Crippen molar-refractivity contribution >= 4 is 23.2 Å². The third kappa shape index (κ3) is 4.65. The molecule has 162 valence electrons. The molecule has 9 heteroatoms. The molecule has 0 aliphatic carbocycles. The fourth-order valence-electron chi connectivity index (χ4n) is 3.04. The third-order valence-electron chi connectivity index (χ3n) is 4.62. The second-order valence-electron chi connectivity index (χ2n) is 6.84. The van der Waals surface area contributed by atoms with Crippen molar-refractivity contribution < 1.29 is 22.4 Å². The van der Waals surface area contributed by atoms with Crippen molar-refractivity contribution in [1.29, 1.82) is 0 Å². The normalized spacial score (nSPS) is 11.4. The molecular formula is C23H14ClF4N3O. The Morgan fingerprint density at radius 1 is 0.906 bits per heavy atom. The molecule has 1 aromatic heterocycles. The van der Waals surface area contributed by atoms with Crippen LogP contribution in [0.5, 0.6) is 0 Å². The van der Waals surface area contributed by atoms with Gasteiger partial charge in [0.05, 0.1) is 16.9 Å². The van der Waals surface area contributed by atoms with Gasteiger partial charge in [-0.2, -0.15) is 18.3 Å². The van der Waals surface area contributed by atoms with Gasteiger partial charge in [0, 0.05) is 16.3 Å². The van der Waals surface area contributed by atoms with E-state index in [4.69, 9.17) is 11.6 Å². The number of carbonyl (C=O) groups is 1. The molecule has 4 aromatic rings. The number of rotatable bonds is 4. The number of benzene rings is 3. The van der Waals surface area contributed by atoms with Gasteiger partial charge in [-0.1, -0.05) is 11.6 Å². The largest absolute Gasteiger partial charge is 0.416 e. The molecule has 4 rings (SSSR count). The van der Waals surface area contributed by atoms with Gasteiger partial charge in [-0.25, -0.2) is 9.07 Å². The molecular weight excluding hydrogens is 446 g/mol. The van der Waals surface area contributed by atoms with E-state index in [1.165, 1.54) is 22.9 Å². The van der Waals surface area contributed by atoms with Crippen molar-refractivity contribution in [2.24, 2.45) is 0 Å². The van der Waals surface area contributed by atoms with E-state index in [0.29, 0.717) is 22.0 Å². The van der Waals surface area contributed by atoms with Crippen molar-refractivity contribution in [3.63, 3.8) is 0 Å². The first kappa shape index (κ1) is 21.6. The summed E-state index contributed by atoms with van der Waals surface area (Å²) in [7, 11) is 0. The van der Waals surface area contributed by atoms with Crippen molar-refractivity contribution in [2.75, 3.05) is 5.32 Å². The Balaban J connectivity index is 1.68. The first-order valence-corrected chi connectivity index (χ1v) is 9.69. The molecule has 0 saturated carbocycles. The van der Waals surface area contributed by atoms with Gasteiger partial charge in [0.25, 0.3) is 5.91 Å². The van der Waals surface area contributed by atoms with Crippen molar-refractivity contribution in [3.05, 3.63) is 101 Å². The average Bonchev–Trinajstić information content (AvgIpc) is 3.20. The molecule has 1 amide bonds. The number of nitrogens with one attached hydrogen (secondary N) is 1. The first-order valence-electron chi connectivity index (χ1n) is 9.31. The Kier molecular flexibility index (Phi) is 5.71. The number of nitrogens with zero attached hydrogens (tertiary/aromatic N) is 2. The number of hydrogen-bond donors (Lipinski definition) is 1. The molecule has 0 saturated heterocycles. The van der Waals surface area contributed by atoms with Crippen LogP contribution in [0.2, 0.25) is 5.02 Å². The molecule has 0 atom stereocenters. The zero-order chi connectivity index (χ0) is 22.9. The van der Waals surface area contributed by atoms with E-state index in [0.717, 1.165) is 24.3 Å². The molecule has 0 spiro atoms. The lowest BCUT2D eigenvalue weighted by molar-refractivity contribution is -0.137. The van der Waals surface area contributed by atoms with Crippen LogP contribution in [-0.4, -0.2) is 15.7 Å². The van der Waals surface area contributed by atoms with Crippen LogP contribution in [-0.2, 0) is 6.18 Å². The van der Waals surface area contributed by atoms with Crippen molar-refractivity contribution in [1.82, 2.24) is 9.78 Å². The molecule has 0 bridgehead atoms. The van der Waals surface area contributed by atoms with E-state index < -0.39 is 23.5 Å². The quantitative estimate of drug-likeness (QED) is 0.349. The molecule has 0 aliphatic rings. The highest BCUT2D eigenvalue weighted by Crippen LogP contribution is 2.30. The van der Waals surface area contributed by atoms with Gasteiger partial charge >= 0.3 is 6.18 Å². The van der Waals surface area contributed by atoms with E-state index in [1.807, 2.05) is 0 Å². The van der Waals surface area contributed by atoms with Crippen LogP contribution < -0.4 is 5.32 Å². The summed E-state index contributed by atoms with van der Waals surface area (Å²) in [6.07, 6.45) is -4.47. The molecule has 4 nitrogen and oxygen atoms in total. The Hall–Kier alpha value is -3.65. The number of anilines is 1. The van der Waals surface area contributed by atoms with Gasteiger partial charge in [0.2, 0.25) is 0 Å². The summed E-state index contributed by atoms with van der Waals surface area (Å²) in [5, 5.41) is 7.40. The number of carbonyl (C=O) groups excluding carboxylic acids is 1. The van der Waals surface area contributed by atoms with E-state index in [-0.39, 0.29) is 11.4 Å². The number of amides is 1. The van der Waals surface area contributed by atoms with Gasteiger partial charge in [-0.15, -0.1) is 0 Å². The molecule has 0 radical (unpaired) electrons. The van der Waals surface area contributed by atoms with E-state index >= 15 is 0 Å². The van der Waals surface area contributed by atoms with Gasteiger partial charge in [0.1, 0.15) is 5.82 Å². The number of alkyl halides is 3. The van der Waals surface area contributed by atoms with E-state index in [2.05, 4.69) is 10.4 Å². The molecule has 0 unspecified atom stereocenters. The minimum absolute atomic E-state index is 0.0270. The molecule has 1 heterocycles. The van der Waals surface area contributed by atoms with Crippen LogP contribution in [0.4, 0.5) is 23.2 Å². The van der Waals surface area contributed by atoms with Crippen LogP contribution >= 0.6 is 11.6 Å². The molecule has 0 aliphatic heterocycles. The second kappa shape index (κ2) is 8.47. The van der Waals surface area contributed by atoms with Crippen LogP contribution in [0.25, 0.3) is 16.9 Å². The maximum Gasteiger partial charge on any atom is 0.416 e. The maximum atomic E-state index is 13.4. The molecule has 3 aromatic carbocycles. The second-order valence-corrected chi connectivity index (χ2v) is 7.28. The van der Waals surface area contributed by atoms with Crippen LogP contribution in [0, 0.1) is 5.82 Å². The number of halogens is 5. The Morgan fingerprint density at radius 2 is 1.53 bits per heavy atom. The zero-order valence-electron chi connectivity index (χ0n) is 16.2. The van der Waals surface area contributed by atoms with E-state index in [9.17, 15) is 22.4 Å². The maximum absolute atomic E-state index is 13.4. The summed E-state index contributed by atoms with van der Waals surface area (Å²) in [5.41, 5.74) is 1.14. The summed E-state index contributed by atoms with van der Waals surface area (Å²) in [6.45, 7) is 0. The predicted octanol–water partition coefficient (Wildman–Crippen LogP) is 6.60. The first-order chi connectivity index (χ1) is 15.2. The Labute approximate surface area is 185 Å². The van der Waals surface area contributed by atoms with E-state index in [1.54, 1.807) is 36.4 Å². The number of aromatic nitrogens is 2. The zero-order valence-corrected chi connectivity index (χ0v) is 17.0. The van der Waals surface area contributed by atoms with Crippen molar-refractivity contribution in [3.8, 4) is 16.9 Å². The van der Waals surface area contributed by atoms with Gasteiger partial charge < -0.3 is 5.32 Å². The highest BCUT2D eigenvalue weighted by Gasteiger charge is 2.30. The molecule has 32 heavy (non-hydrogen) atoms. The van der Waals surface area contributed by atoms with Gasteiger partial charge in [-0.05, 0) is 78.9 Å². The predicted molar refractivity (Wildman–Crippen MR) is 113 cm³/mol. The van der Waals surface area contributed by atoms with Gasteiger partial charge in [-0.3, -0.25) is 4.79 Å². The summed E-state index contributed by atoms with van der Waals surface area (Å²) < 4.78 is 53.1. The minimum Gasteiger partial charge on any atom is -0.321 e. The van der Waals surface area contributed by atoms with Crippen LogP contribution in [0.3, 0.4) is 0 Å². The smallest absolute Gasteiger partial charge is 0.321 e. The van der Waals surface area contributed by atoms with Crippen LogP contribution in [0.1, 0.15) is 16.1 Å². The standard InChI is InChI=1S/C23H14ClF4N3O/c24-16-5-11-19(12-6-16)31-21(14-1-7-17(25)8-2-14)13-20(30-31)22(32)29-18-9-3-15(4-10-18)23(26,27)28/h1-13H,(H,29,32). The fourth-order valence-corrected chi connectivity index (χ4v) is 3.16. The molecule has 1 N–H and O–H groups in total. The van der Waals surface area contributed by atoms with Gasteiger partial charge in [0.15, 0.2) is 5.69 Å². The highest BCUT2D eigenvalue weighted by molar-refractivity contribution is 6.30. The van der Waals surface area contributed by atoms with Crippen molar-refractivity contribution in [2.45, 2.75) is 6.18 Å². The third-order valence-corrected chi connectivity index (χ3v) is 4.88. The molecule has 0 fully saturated rings. The summed E-state index contributed by atoms with van der Waals surface area (Å²) in [6, 6.07) is 18.0. The fraction of sp³-hybridized carbons (Fsp3) is 0.0435. The monoisotopic (exact) mass is 459 g/mol. The van der Waals surface area contributed by atoms with Crippen LogP contribution in [0.15, 0.2) is 78.9 Å². The average molecular weight is 460 g/mol. The number of hydrogen-bond acceptors (Lipinski definition) is 2. The highest BCUT2D eigenvalue weighted by atomic mass is 35.5. The Bertz CT molecular complexity index is 1190. The lowest BCUT2D eigenvalue weighted by Gasteiger charge is -2.08. The lowest BCUT2D eigenvalue weighted by atomic mass is 10.1. The topological polar surface area (TPSA) is 46.9 Å². The summed E-state index contributed by atoms with van der Waals surface area (Å²) in [4.78, 5) is 12.7. The summed E-state index contributed by atoms with van der Waals surface area (Å²) in [5.74, 6) is -1.02. The lowest BCUT2D eigenvalue weighted by Crippen LogP contribution is -2.13. The summed E-state index contributed by atoms with van der Waals surface area (Å²) >= 11 is 5.95.